The summed E-state index contributed by atoms with van der Waals surface area (Å²) in [6.07, 6.45) is 0. The Hall–Kier alpha value is -2.91. The molecule has 0 unspecified atom stereocenters. The third-order valence-electron chi connectivity index (χ3n) is 4.54. The van der Waals surface area contributed by atoms with Gasteiger partial charge in [0.2, 0.25) is 0 Å². The van der Waals surface area contributed by atoms with E-state index in [1.165, 1.54) is 21.0 Å². The number of thiazole rings is 1. The monoisotopic (exact) mass is 431 g/mol. The number of carbonyl (C=O) groups excluding carboxylic acids is 1. The van der Waals surface area contributed by atoms with Gasteiger partial charge in [-0.05, 0) is 38.1 Å². The minimum Gasteiger partial charge on any atom is -0.320 e. The molecule has 9 heteroatoms. The SMILES string of the molecule is CCN(c1ccccc1)S(=O)(=O)c1ccccc1NC(=O)c1sc(=O)n(C)c1C. The lowest BCUT2D eigenvalue weighted by Crippen LogP contribution is -2.31. The zero-order chi connectivity index (χ0) is 21.2. The fraction of sp³-hybridized carbons (Fsp3) is 0.200. The topological polar surface area (TPSA) is 88.5 Å². The number of amides is 1. The second-order valence-electron chi connectivity index (χ2n) is 6.30. The Balaban J connectivity index is 2.01. The van der Waals surface area contributed by atoms with E-state index in [9.17, 15) is 18.0 Å². The summed E-state index contributed by atoms with van der Waals surface area (Å²) in [5.74, 6) is -0.518. The summed E-state index contributed by atoms with van der Waals surface area (Å²) in [7, 11) is -2.34. The highest BCUT2D eigenvalue weighted by atomic mass is 32.2. The van der Waals surface area contributed by atoms with Gasteiger partial charge in [0.15, 0.2) is 0 Å². The Morgan fingerprint density at radius 2 is 1.72 bits per heavy atom. The number of sulfonamides is 1. The van der Waals surface area contributed by atoms with Crippen molar-refractivity contribution >= 4 is 38.6 Å². The van der Waals surface area contributed by atoms with Crippen LogP contribution in [0.25, 0.3) is 0 Å². The van der Waals surface area contributed by atoms with E-state index >= 15 is 0 Å². The number of carbonyl (C=O) groups is 1. The van der Waals surface area contributed by atoms with Gasteiger partial charge in [0.05, 0.1) is 11.4 Å². The smallest absolute Gasteiger partial charge is 0.307 e. The summed E-state index contributed by atoms with van der Waals surface area (Å²) in [6, 6.07) is 15.0. The van der Waals surface area contributed by atoms with E-state index in [0.717, 1.165) is 11.3 Å². The molecule has 0 radical (unpaired) electrons. The van der Waals surface area contributed by atoms with E-state index in [-0.39, 0.29) is 26.9 Å². The number of benzene rings is 2. The molecule has 0 aliphatic heterocycles. The second-order valence-corrected chi connectivity index (χ2v) is 9.09. The van der Waals surface area contributed by atoms with E-state index in [0.29, 0.717) is 11.4 Å². The quantitative estimate of drug-likeness (QED) is 0.649. The first-order valence-corrected chi connectivity index (χ1v) is 11.2. The predicted molar refractivity (Wildman–Crippen MR) is 115 cm³/mol. The maximum Gasteiger partial charge on any atom is 0.307 e. The highest BCUT2D eigenvalue weighted by Gasteiger charge is 2.27. The normalized spacial score (nSPS) is 11.3. The summed E-state index contributed by atoms with van der Waals surface area (Å²) in [5.41, 5.74) is 1.22. The lowest BCUT2D eigenvalue weighted by molar-refractivity contribution is 0.102. The number of para-hydroxylation sites is 2. The number of aromatic nitrogens is 1. The van der Waals surface area contributed by atoms with Crippen LogP contribution in [-0.4, -0.2) is 25.4 Å². The molecule has 1 heterocycles. The van der Waals surface area contributed by atoms with Gasteiger partial charge in [0.1, 0.15) is 9.77 Å². The number of anilines is 2. The van der Waals surface area contributed by atoms with Crippen molar-refractivity contribution in [3.05, 3.63) is 74.8 Å². The van der Waals surface area contributed by atoms with Crippen LogP contribution in [0, 0.1) is 6.92 Å². The van der Waals surface area contributed by atoms with Crippen LogP contribution in [0.4, 0.5) is 11.4 Å². The summed E-state index contributed by atoms with van der Waals surface area (Å²) < 4.78 is 29.4. The standard InChI is InChI=1S/C20H21N3O4S2/c1-4-23(15-10-6-5-7-11-15)29(26,27)17-13-9-8-12-16(17)21-19(24)18-14(2)22(3)20(25)28-18/h5-13H,4H2,1-3H3,(H,21,24). The number of nitrogens with zero attached hydrogens (tertiary/aromatic N) is 2. The van der Waals surface area contributed by atoms with Crippen LogP contribution in [0.15, 0.2) is 64.3 Å². The lowest BCUT2D eigenvalue weighted by atomic mass is 10.3. The molecule has 0 spiro atoms. The van der Waals surface area contributed by atoms with Gasteiger partial charge < -0.3 is 9.88 Å². The third kappa shape index (κ3) is 3.96. The molecule has 0 saturated heterocycles. The third-order valence-corrected chi connectivity index (χ3v) is 7.63. The molecular formula is C20H21N3O4S2. The van der Waals surface area contributed by atoms with Crippen LogP contribution in [0.5, 0.6) is 0 Å². The van der Waals surface area contributed by atoms with Crippen molar-refractivity contribution in [1.82, 2.24) is 4.57 Å². The Kier molecular flexibility index (Phi) is 5.90. The molecule has 0 atom stereocenters. The predicted octanol–water partition coefficient (Wildman–Crippen LogP) is 3.22. The number of nitrogens with one attached hydrogen (secondary N) is 1. The van der Waals surface area contributed by atoms with Crippen molar-refractivity contribution in [3.63, 3.8) is 0 Å². The van der Waals surface area contributed by atoms with Crippen LogP contribution >= 0.6 is 11.3 Å². The second kappa shape index (κ2) is 8.22. The fourth-order valence-corrected chi connectivity index (χ4v) is 5.41. The van der Waals surface area contributed by atoms with Crippen LogP contribution in [0.1, 0.15) is 22.3 Å². The van der Waals surface area contributed by atoms with Crippen molar-refractivity contribution in [2.24, 2.45) is 7.05 Å². The summed E-state index contributed by atoms with van der Waals surface area (Å²) in [4.78, 5) is 24.5. The van der Waals surface area contributed by atoms with Crippen LogP contribution in [0.3, 0.4) is 0 Å². The van der Waals surface area contributed by atoms with E-state index < -0.39 is 15.9 Å². The fourth-order valence-electron chi connectivity index (χ4n) is 2.91. The number of hydrogen-bond acceptors (Lipinski definition) is 5. The molecule has 0 fully saturated rings. The highest BCUT2D eigenvalue weighted by molar-refractivity contribution is 7.93. The Morgan fingerprint density at radius 1 is 1.10 bits per heavy atom. The lowest BCUT2D eigenvalue weighted by Gasteiger charge is -2.24. The molecular weight excluding hydrogens is 410 g/mol. The van der Waals surface area contributed by atoms with Crippen molar-refractivity contribution in [2.75, 3.05) is 16.2 Å². The molecule has 152 valence electrons. The molecule has 0 aliphatic carbocycles. The minimum atomic E-state index is -3.92. The Bertz CT molecular complexity index is 1200. The van der Waals surface area contributed by atoms with E-state index in [1.54, 1.807) is 57.3 Å². The van der Waals surface area contributed by atoms with Gasteiger partial charge in [-0.25, -0.2) is 8.42 Å². The van der Waals surface area contributed by atoms with Crippen LogP contribution < -0.4 is 14.5 Å². The molecule has 1 aromatic heterocycles. The first-order valence-electron chi connectivity index (χ1n) is 8.92. The molecule has 7 nitrogen and oxygen atoms in total. The average molecular weight is 432 g/mol. The van der Waals surface area contributed by atoms with Crippen molar-refractivity contribution < 1.29 is 13.2 Å². The summed E-state index contributed by atoms with van der Waals surface area (Å²) in [6.45, 7) is 3.65. The molecule has 2 aromatic carbocycles. The molecule has 29 heavy (non-hydrogen) atoms. The van der Waals surface area contributed by atoms with Crippen LogP contribution in [-0.2, 0) is 17.1 Å². The molecule has 3 aromatic rings. The zero-order valence-corrected chi connectivity index (χ0v) is 17.9. The zero-order valence-electron chi connectivity index (χ0n) is 16.2. The van der Waals surface area contributed by atoms with E-state index in [4.69, 9.17) is 0 Å². The number of hydrogen-bond donors (Lipinski definition) is 1. The summed E-state index contributed by atoms with van der Waals surface area (Å²) >= 11 is 0.825. The molecule has 0 aliphatic rings. The summed E-state index contributed by atoms with van der Waals surface area (Å²) in [5, 5.41) is 2.66. The maximum atomic E-state index is 13.4. The first-order chi connectivity index (χ1) is 13.8. The highest BCUT2D eigenvalue weighted by Crippen LogP contribution is 2.29. The van der Waals surface area contributed by atoms with E-state index in [2.05, 4.69) is 5.32 Å². The van der Waals surface area contributed by atoms with Crippen molar-refractivity contribution in [3.8, 4) is 0 Å². The maximum absolute atomic E-state index is 13.4. The largest absolute Gasteiger partial charge is 0.320 e. The molecule has 1 N–H and O–H groups in total. The van der Waals surface area contributed by atoms with Crippen LogP contribution in [0.2, 0.25) is 0 Å². The van der Waals surface area contributed by atoms with Crippen molar-refractivity contribution in [1.29, 1.82) is 0 Å². The average Bonchev–Trinajstić information content (AvgIpc) is 2.97. The Labute approximate surface area is 173 Å². The molecule has 1 amide bonds. The van der Waals surface area contributed by atoms with Gasteiger partial charge >= 0.3 is 4.87 Å². The Morgan fingerprint density at radius 3 is 2.31 bits per heavy atom. The minimum absolute atomic E-state index is 0.0139. The van der Waals surface area contributed by atoms with Gasteiger partial charge in [-0.1, -0.05) is 41.7 Å². The first kappa shape index (κ1) is 20.8. The molecule has 3 rings (SSSR count). The van der Waals surface area contributed by atoms with E-state index in [1.807, 2.05) is 6.07 Å². The molecule has 0 bridgehead atoms. The van der Waals surface area contributed by atoms with Gasteiger partial charge in [0.25, 0.3) is 15.9 Å². The van der Waals surface area contributed by atoms with Gasteiger partial charge in [-0.2, -0.15) is 0 Å². The van der Waals surface area contributed by atoms with Crippen molar-refractivity contribution in [2.45, 2.75) is 18.7 Å². The van der Waals surface area contributed by atoms with Gasteiger partial charge in [0, 0.05) is 19.3 Å². The molecule has 0 saturated carbocycles. The number of rotatable bonds is 6. The van der Waals surface area contributed by atoms with Gasteiger partial charge in [-0.3, -0.25) is 13.9 Å². The van der Waals surface area contributed by atoms with Gasteiger partial charge in [-0.15, -0.1) is 0 Å².